The second-order valence-electron chi connectivity index (χ2n) is 18.9. The molecule has 0 N–H and O–H groups in total. The fourth-order valence-electron chi connectivity index (χ4n) is 8.12. The molecule has 0 aliphatic heterocycles. The number of hydrogen-bond acceptors (Lipinski definition) is 7. The predicted molar refractivity (Wildman–Crippen MR) is 279 cm³/mol. The van der Waals surface area contributed by atoms with Crippen molar-refractivity contribution in [2.45, 2.75) is 312 Å². The van der Waals surface area contributed by atoms with E-state index in [-0.39, 0.29) is 0 Å². The van der Waals surface area contributed by atoms with Gasteiger partial charge < -0.3 is 33.2 Å². The molecule has 0 spiro atoms. The smallest absolute Gasteiger partial charge is 0.223 e. The van der Waals surface area contributed by atoms with Gasteiger partial charge in [-0.15, -0.1) is 0 Å². The van der Waals surface area contributed by atoms with Gasteiger partial charge in [0.15, 0.2) is 11.5 Å². The minimum Gasteiger partial charge on any atom is -0.494 e. The van der Waals surface area contributed by atoms with E-state index in [1.807, 2.05) is 0 Å². The van der Waals surface area contributed by atoms with E-state index < -0.39 is 12.6 Å². The standard InChI is InChI=1S/C58H114O7/c1-9-17-21-25-29-33-37-41-45-53(59-47-13-5)55(61-49-15-7)57(63-51-43-39-35-31-27-23-19-11-3)65-58(64-52-44-40-36-32-28-24-20-12-4)56(62-50-16-8)54(60-48-14-6)46-42-38-34-30-26-22-18-10-2/h57-58H,9-52H2,1-8H3. The van der Waals surface area contributed by atoms with E-state index in [4.69, 9.17) is 33.2 Å². The predicted octanol–water partition coefficient (Wildman–Crippen LogP) is 19.2. The van der Waals surface area contributed by atoms with Gasteiger partial charge in [0.25, 0.3) is 0 Å². The normalized spacial score (nSPS) is 13.4. The Morgan fingerprint density at radius 1 is 0.246 bits per heavy atom. The summed E-state index contributed by atoms with van der Waals surface area (Å²) in [6.07, 6.45) is 43.6. The molecule has 2 unspecified atom stereocenters. The molecule has 0 heterocycles. The van der Waals surface area contributed by atoms with Crippen LogP contribution in [0.3, 0.4) is 0 Å². The summed E-state index contributed by atoms with van der Waals surface area (Å²) >= 11 is 0. The molecule has 0 amide bonds. The number of allylic oxidation sites excluding steroid dienone is 2. The Morgan fingerprint density at radius 2 is 0.492 bits per heavy atom. The third kappa shape index (κ3) is 39.1. The topological polar surface area (TPSA) is 64.6 Å². The van der Waals surface area contributed by atoms with E-state index in [0.717, 1.165) is 88.6 Å². The van der Waals surface area contributed by atoms with E-state index in [2.05, 4.69) is 55.4 Å². The molecule has 0 aromatic carbocycles. The maximum atomic E-state index is 7.23. The third-order valence-corrected chi connectivity index (χ3v) is 12.2. The number of ether oxygens (including phenoxy) is 7. The van der Waals surface area contributed by atoms with Crippen molar-refractivity contribution in [2.75, 3.05) is 39.6 Å². The van der Waals surface area contributed by atoms with Crippen LogP contribution in [0, 0.1) is 0 Å². The molecule has 0 aliphatic carbocycles. The van der Waals surface area contributed by atoms with Crippen LogP contribution in [0.15, 0.2) is 23.0 Å². The van der Waals surface area contributed by atoms with Crippen LogP contribution in [-0.2, 0) is 33.2 Å². The van der Waals surface area contributed by atoms with Crippen molar-refractivity contribution in [3.63, 3.8) is 0 Å². The molecule has 0 radical (unpaired) electrons. The molecule has 0 fully saturated rings. The maximum Gasteiger partial charge on any atom is 0.223 e. The van der Waals surface area contributed by atoms with E-state index in [1.54, 1.807) is 0 Å². The quantitative estimate of drug-likeness (QED) is 0.0342. The van der Waals surface area contributed by atoms with Crippen molar-refractivity contribution in [1.82, 2.24) is 0 Å². The van der Waals surface area contributed by atoms with Gasteiger partial charge in [-0.1, -0.05) is 235 Å². The summed E-state index contributed by atoms with van der Waals surface area (Å²) in [6.45, 7) is 21.4. The van der Waals surface area contributed by atoms with Crippen molar-refractivity contribution >= 4 is 0 Å². The van der Waals surface area contributed by atoms with Gasteiger partial charge in [-0.2, -0.15) is 0 Å². The van der Waals surface area contributed by atoms with Gasteiger partial charge in [0.05, 0.1) is 39.6 Å². The molecule has 0 aromatic rings. The summed E-state index contributed by atoms with van der Waals surface area (Å²) in [7, 11) is 0. The average molecular weight is 924 g/mol. The zero-order valence-corrected chi connectivity index (χ0v) is 45.1. The van der Waals surface area contributed by atoms with Crippen LogP contribution < -0.4 is 0 Å². The Bertz CT molecular complexity index is 934. The Hall–Kier alpha value is -1.44. The molecular weight excluding hydrogens is 809 g/mol. The molecule has 0 rings (SSSR count). The van der Waals surface area contributed by atoms with Crippen LogP contribution in [0.4, 0.5) is 0 Å². The molecular formula is C58H114O7. The molecule has 0 aromatic heterocycles. The van der Waals surface area contributed by atoms with E-state index in [0.29, 0.717) is 51.2 Å². The van der Waals surface area contributed by atoms with Crippen molar-refractivity contribution in [3.8, 4) is 0 Å². The second kappa shape index (κ2) is 51.9. The average Bonchev–Trinajstić information content (AvgIpc) is 3.31. The van der Waals surface area contributed by atoms with Crippen LogP contribution in [0.5, 0.6) is 0 Å². The van der Waals surface area contributed by atoms with Gasteiger partial charge in [-0.3, -0.25) is 0 Å². The minimum absolute atomic E-state index is 0.564. The summed E-state index contributed by atoms with van der Waals surface area (Å²) in [6, 6.07) is 0. The largest absolute Gasteiger partial charge is 0.494 e. The summed E-state index contributed by atoms with van der Waals surface area (Å²) in [5.41, 5.74) is 0. The Balaban J connectivity index is 6.97. The first kappa shape index (κ1) is 63.6. The van der Waals surface area contributed by atoms with Crippen LogP contribution in [0.2, 0.25) is 0 Å². The van der Waals surface area contributed by atoms with Crippen LogP contribution in [0.25, 0.3) is 0 Å². The van der Waals surface area contributed by atoms with Crippen LogP contribution in [0.1, 0.15) is 299 Å². The SMILES string of the molecule is CCCCCCCCCCOC(OC(OCCCCCCCCCC)C(OCCC)=C(CCCCCCCCCC)OCCC)C(OCCC)=C(CCCCCCCCCC)OCCC. The minimum atomic E-state index is -0.800. The lowest BCUT2D eigenvalue weighted by atomic mass is 10.1. The van der Waals surface area contributed by atoms with Crippen LogP contribution >= 0.6 is 0 Å². The number of unbranched alkanes of at least 4 members (excludes halogenated alkanes) is 28. The molecule has 388 valence electrons. The molecule has 0 saturated carbocycles. The highest BCUT2D eigenvalue weighted by molar-refractivity contribution is 5.09. The lowest BCUT2D eigenvalue weighted by Crippen LogP contribution is -2.34. The van der Waals surface area contributed by atoms with Gasteiger partial charge in [0.1, 0.15) is 11.5 Å². The first-order valence-corrected chi connectivity index (χ1v) is 28.9. The Kier molecular flexibility index (Phi) is 50.8. The van der Waals surface area contributed by atoms with Gasteiger partial charge in [-0.25, -0.2) is 0 Å². The zero-order valence-electron chi connectivity index (χ0n) is 45.1. The second-order valence-corrected chi connectivity index (χ2v) is 18.9. The fourth-order valence-corrected chi connectivity index (χ4v) is 8.12. The summed E-state index contributed by atoms with van der Waals surface area (Å²) in [5, 5.41) is 0. The molecule has 7 heteroatoms. The number of rotatable bonds is 54. The first-order chi connectivity index (χ1) is 32.1. The van der Waals surface area contributed by atoms with Gasteiger partial charge in [0, 0.05) is 12.8 Å². The number of hydrogen-bond donors (Lipinski definition) is 0. The maximum absolute atomic E-state index is 7.23. The molecule has 2 atom stereocenters. The molecule has 0 saturated heterocycles. The fraction of sp³-hybridized carbons (Fsp3) is 0.931. The third-order valence-electron chi connectivity index (χ3n) is 12.2. The Labute approximate surface area is 406 Å². The van der Waals surface area contributed by atoms with Crippen molar-refractivity contribution < 1.29 is 33.2 Å². The lowest BCUT2D eigenvalue weighted by molar-refractivity contribution is -0.243. The summed E-state index contributed by atoms with van der Waals surface area (Å²) in [4.78, 5) is 0. The van der Waals surface area contributed by atoms with Crippen LogP contribution in [-0.4, -0.2) is 52.2 Å². The zero-order chi connectivity index (χ0) is 47.5. The van der Waals surface area contributed by atoms with E-state index in [9.17, 15) is 0 Å². The van der Waals surface area contributed by atoms with Crippen molar-refractivity contribution in [2.24, 2.45) is 0 Å². The Morgan fingerprint density at radius 3 is 0.769 bits per heavy atom. The molecule has 65 heavy (non-hydrogen) atoms. The molecule has 7 nitrogen and oxygen atoms in total. The highest BCUT2D eigenvalue weighted by atomic mass is 16.8. The summed E-state index contributed by atoms with van der Waals surface area (Å²) < 4.78 is 47.8. The highest BCUT2D eigenvalue weighted by Gasteiger charge is 2.32. The molecule has 0 aliphatic rings. The molecule has 0 bridgehead atoms. The van der Waals surface area contributed by atoms with Crippen molar-refractivity contribution in [3.05, 3.63) is 23.0 Å². The monoisotopic (exact) mass is 923 g/mol. The van der Waals surface area contributed by atoms with Gasteiger partial charge >= 0.3 is 0 Å². The first-order valence-electron chi connectivity index (χ1n) is 28.9. The van der Waals surface area contributed by atoms with Gasteiger partial charge in [-0.05, 0) is 51.4 Å². The lowest BCUT2D eigenvalue weighted by Gasteiger charge is -2.30. The van der Waals surface area contributed by atoms with E-state index >= 15 is 0 Å². The van der Waals surface area contributed by atoms with E-state index in [1.165, 1.54) is 167 Å². The highest BCUT2D eigenvalue weighted by Crippen LogP contribution is 2.30. The van der Waals surface area contributed by atoms with Gasteiger partial charge in [0.2, 0.25) is 12.6 Å². The van der Waals surface area contributed by atoms with Crippen molar-refractivity contribution in [1.29, 1.82) is 0 Å². The summed E-state index contributed by atoms with van der Waals surface area (Å²) in [5.74, 6) is 3.10.